The van der Waals surface area contributed by atoms with Crippen LogP contribution in [0.5, 0.6) is 0 Å². The molecule has 0 unspecified atom stereocenters. The fraction of sp³-hybridized carbons (Fsp3) is 0.444. The lowest BCUT2D eigenvalue weighted by Gasteiger charge is -2.13. The minimum atomic E-state index is 0.344. The molecule has 0 bridgehead atoms. The standard InChI is InChI=1S/C18H21N2O/c21-18-11-13-5-1-4-8-17(13)20(18)10-9-14-12-19-16-7-3-2-6-15(14)16/h2-3,6-7,12-13,19H,1,4-5,8-11H2/q+1/t13-/m0/s1. The van der Waals surface area contributed by atoms with Crippen LogP contribution < -0.4 is 0 Å². The Hall–Kier alpha value is -1.90. The number of carbonyl (C=O) groups excluding carboxylic acids is 1. The van der Waals surface area contributed by atoms with Gasteiger partial charge in [-0.3, -0.25) is 0 Å². The molecular weight excluding hydrogens is 260 g/mol. The molecule has 2 aromatic rings. The van der Waals surface area contributed by atoms with Gasteiger partial charge in [0.2, 0.25) is 0 Å². The minimum absolute atomic E-state index is 0.344. The van der Waals surface area contributed by atoms with Crippen LogP contribution in [0.3, 0.4) is 0 Å². The number of amides is 1. The van der Waals surface area contributed by atoms with E-state index in [0.717, 1.165) is 25.8 Å². The van der Waals surface area contributed by atoms with Crippen LogP contribution in [0, 0.1) is 5.92 Å². The molecule has 108 valence electrons. The highest BCUT2D eigenvalue weighted by atomic mass is 16.2. The summed E-state index contributed by atoms with van der Waals surface area (Å²) in [6.07, 6.45) is 8.67. The normalized spacial score (nSPS) is 22.1. The maximum Gasteiger partial charge on any atom is 0.387 e. The Kier molecular flexibility index (Phi) is 3.13. The lowest BCUT2D eigenvalue weighted by molar-refractivity contribution is -0.444. The molecule has 0 spiro atoms. The summed E-state index contributed by atoms with van der Waals surface area (Å²) in [6, 6.07) is 8.39. The summed E-state index contributed by atoms with van der Waals surface area (Å²) >= 11 is 0. The average Bonchev–Trinajstić information content (AvgIpc) is 3.06. The van der Waals surface area contributed by atoms with Crippen LogP contribution in [-0.2, 0) is 11.2 Å². The molecule has 4 rings (SSSR count). The highest BCUT2D eigenvalue weighted by Gasteiger charge is 2.40. The summed E-state index contributed by atoms with van der Waals surface area (Å²) in [5.74, 6) is 0.894. The van der Waals surface area contributed by atoms with E-state index in [9.17, 15) is 4.79 Å². The maximum absolute atomic E-state index is 12.3. The van der Waals surface area contributed by atoms with Crippen LogP contribution in [0.15, 0.2) is 30.5 Å². The molecule has 1 aliphatic carbocycles. The number of hydrogen-bond donors (Lipinski definition) is 1. The number of H-pyrrole nitrogens is 1. The van der Waals surface area contributed by atoms with E-state index in [1.807, 2.05) is 0 Å². The fourth-order valence-corrected chi connectivity index (χ4v) is 3.96. The van der Waals surface area contributed by atoms with Crippen molar-refractivity contribution in [1.29, 1.82) is 0 Å². The van der Waals surface area contributed by atoms with Crippen LogP contribution >= 0.6 is 0 Å². The van der Waals surface area contributed by atoms with E-state index >= 15 is 0 Å². The van der Waals surface area contributed by atoms with Gasteiger partial charge in [0.1, 0.15) is 0 Å². The number of aromatic nitrogens is 1. The Morgan fingerprint density at radius 2 is 2.14 bits per heavy atom. The van der Waals surface area contributed by atoms with E-state index in [4.69, 9.17) is 0 Å². The zero-order chi connectivity index (χ0) is 14.2. The molecule has 1 fully saturated rings. The molecular formula is C18H21N2O+. The molecule has 21 heavy (non-hydrogen) atoms. The molecule has 1 aromatic carbocycles. The Morgan fingerprint density at radius 3 is 3.10 bits per heavy atom. The minimum Gasteiger partial charge on any atom is -0.361 e. The molecule has 0 radical (unpaired) electrons. The van der Waals surface area contributed by atoms with Crippen molar-refractivity contribution < 1.29 is 9.37 Å². The number of carbonyl (C=O) groups is 1. The molecule has 2 aliphatic rings. The smallest absolute Gasteiger partial charge is 0.361 e. The zero-order valence-electron chi connectivity index (χ0n) is 12.3. The molecule has 3 heteroatoms. The Morgan fingerprint density at radius 1 is 1.24 bits per heavy atom. The average molecular weight is 281 g/mol. The van der Waals surface area contributed by atoms with E-state index in [1.54, 1.807) is 0 Å². The number of rotatable bonds is 3. The highest BCUT2D eigenvalue weighted by molar-refractivity contribution is 5.94. The molecule has 1 atom stereocenters. The number of nitrogens with one attached hydrogen (secondary N) is 1. The molecule has 3 nitrogen and oxygen atoms in total. The molecule has 1 aromatic heterocycles. The van der Waals surface area contributed by atoms with Gasteiger partial charge in [0.15, 0.2) is 12.3 Å². The van der Waals surface area contributed by atoms with Gasteiger partial charge in [0, 0.05) is 29.9 Å². The third kappa shape index (κ3) is 2.21. The number of fused-ring (bicyclic) bond motifs is 2. The van der Waals surface area contributed by atoms with Crippen molar-refractivity contribution >= 4 is 22.5 Å². The predicted octanol–water partition coefficient (Wildman–Crippen LogP) is 3.28. The molecule has 1 aliphatic heterocycles. The molecule has 2 heterocycles. The SMILES string of the molecule is O=C1C[C@@H]2CCCCC2=[N+]1CCc1c[nH]c2ccccc12. The Labute approximate surface area is 124 Å². The first-order valence-corrected chi connectivity index (χ1v) is 8.04. The van der Waals surface area contributed by atoms with Crippen molar-refractivity contribution in [2.45, 2.75) is 38.5 Å². The lowest BCUT2D eigenvalue weighted by atomic mass is 9.87. The van der Waals surface area contributed by atoms with Crippen LogP contribution in [0.1, 0.15) is 37.7 Å². The van der Waals surface area contributed by atoms with Crippen LogP contribution in [-0.4, -0.2) is 27.7 Å². The predicted molar refractivity (Wildman–Crippen MR) is 83.7 cm³/mol. The molecule has 1 N–H and O–H groups in total. The van der Waals surface area contributed by atoms with Gasteiger partial charge in [-0.25, -0.2) is 4.79 Å². The molecule has 0 saturated heterocycles. The second-order valence-electron chi connectivity index (χ2n) is 6.29. The van der Waals surface area contributed by atoms with Gasteiger partial charge in [-0.2, -0.15) is 4.58 Å². The van der Waals surface area contributed by atoms with E-state index in [-0.39, 0.29) is 0 Å². The van der Waals surface area contributed by atoms with Crippen molar-refractivity contribution in [3.63, 3.8) is 0 Å². The first-order chi connectivity index (χ1) is 10.3. The fourth-order valence-electron chi connectivity index (χ4n) is 3.96. The largest absolute Gasteiger partial charge is 0.387 e. The summed E-state index contributed by atoms with van der Waals surface area (Å²) < 4.78 is 2.09. The Bertz CT molecular complexity index is 726. The highest BCUT2D eigenvalue weighted by Crippen LogP contribution is 2.29. The van der Waals surface area contributed by atoms with Gasteiger partial charge in [0.05, 0.1) is 12.3 Å². The number of nitrogens with zero attached hydrogens (tertiary/aromatic N) is 1. The summed E-state index contributed by atoms with van der Waals surface area (Å²) in [4.78, 5) is 15.6. The molecule has 1 amide bonds. The van der Waals surface area contributed by atoms with Crippen LogP contribution in [0.2, 0.25) is 0 Å². The van der Waals surface area contributed by atoms with Gasteiger partial charge in [-0.05, 0) is 24.5 Å². The van der Waals surface area contributed by atoms with Crippen molar-refractivity contribution in [2.75, 3.05) is 6.54 Å². The maximum atomic E-state index is 12.3. The lowest BCUT2D eigenvalue weighted by Crippen LogP contribution is -2.25. The van der Waals surface area contributed by atoms with Crippen LogP contribution in [0.4, 0.5) is 0 Å². The van der Waals surface area contributed by atoms with Gasteiger partial charge < -0.3 is 4.98 Å². The Balaban J connectivity index is 1.57. The molecule has 1 saturated carbocycles. The number of aromatic amines is 1. The number of benzene rings is 1. The summed E-state index contributed by atoms with van der Waals surface area (Å²) in [5, 5.41) is 1.29. The third-order valence-electron chi connectivity index (χ3n) is 5.06. The van der Waals surface area contributed by atoms with Crippen molar-refractivity contribution in [3.8, 4) is 0 Å². The van der Waals surface area contributed by atoms with Crippen molar-refractivity contribution in [2.24, 2.45) is 5.92 Å². The summed E-state index contributed by atoms with van der Waals surface area (Å²) in [5.41, 5.74) is 3.92. The van der Waals surface area contributed by atoms with Gasteiger partial charge in [-0.15, -0.1) is 0 Å². The van der Waals surface area contributed by atoms with Crippen LogP contribution in [0.25, 0.3) is 10.9 Å². The summed E-state index contributed by atoms with van der Waals surface area (Å²) in [6.45, 7) is 0.840. The monoisotopic (exact) mass is 281 g/mol. The second kappa shape index (κ2) is 5.14. The summed E-state index contributed by atoms with van der Waals surface area (Å²) in [7, 11) is 0. The van der Waals surface area contributed by atoms with E-state index in [0.29, 0.717) is 11.8 Å². The topological polar surface area (TPSA) is 35.9 Å². The first-order valence-electron chi connectivity index (χ1n) is 8.04. The number of para-hydroxylation sites is 1. The quantitative estimate of drug-likeness (QED) is 0.861. The van der Waals surface area contributed by atoms with E-state index in [2.05, 4.69) is 40.0 Å². The first kappa shape index (κ1) is 12.8. The second-order valence-corrected chi connectivity index (χ2v) is 6.29. The van der Waals surface area contributed by atoms with E-state index in [1.165, 1.54) is 41.4 Å². The van der Waals surface area contributed by atoms with Crippen molar-refractivity contribution in [3.05, 3.63) is 36.0 Å². The number of hydrogen-bond acceptors (Lipinski definition) is 1. The zero-order valence-corrected chi connectivity index (χ0v) is 12.3. The van der Waals surface area contributed by atoms with Gasteiger partial charge >= 0.3 is 5.91 Å². The van der Waals surface area contributed by atoms with Gasteiger partial charge in [-0.1, -0.05) is 24.6 Å². The van der Waals surface area contributed by atoms with Gasteiger partial charge in [0.25, 0.3) is 0 Å². The third-order valence-corrected chi connectivity index (χ3v) is 5.06. The van der Waals surface area contributed by atoms with Crippen molar-refractivity contribution in [1.82, 2.24) is 4.98 Å². The van der Waals surface area contributed by atoms with E-state index < -0.39 is 0 Å².